The van der Waals surface area contributed by atoms with Crippen molar-refractivity contribution in [3.63, 3.8) is 0 Å². The summed E-state index contributed by atoms with van der Waals surface area (Å²) in [4.78, 5) is 17.7. The number of pyridine rings is 1. The Morgan fingerprint density at radius 3 is 2.64 bits per heavy atom. The van der Waals surface area contributed by atoms with Crippen molar-refractivity contribution in [2.45, 2.75) is 13.5 Å². The molecule has 0 unspecified atom stereocenters. The maximum absolute atomic E-state index is 5.94. The molecule has 0 spiro atoms. The van der Waals surface area contributed by atoms with Crippen LogP contribution in [0.3, 0.4) is 0 Å². The maximum atomic E-state index is 5.94. The number of nitrogen functional groups attached to an aromatic ring is 1. The second-order valence-electron chi connectivity index (χ2n) is 6.79. The summed E-state index contributed by atoms with van der Waals surface area (Å²) in [6, 6.07) is 18.7. The molecule has 0 saturated heterocycles. The molecular formula is C22H18N6. The van der Waals surface area contributed by atoms with Crippen LogP contribution in [0.25, 0.3) is 33.2 Å². The highest BCUT2D eigenvalue weighted by Gasteiger charge is 2.14. The standard InChI is InChI=1S/C22H18N6/c1-14-6-2-4-8-16(14)17-10-15-7-3-5-9-18(15)27-19(17)11-28-13-26-20-21(23)24-12-25-22(20)28/h2-10,12-13H,11H2,1H3,(H2,23,24,25). The van der Waals surface area contributed by atoms with E-state index in [2.05, 4.69) is 58.3 Å². The predicted octanol–water partition coefficient (Wildman–Crippen LogP) is 3.98. The highest BCUT2D eigenvalue weighted by molar-refractivity contribution is 5.86. The molecule has 3 heterocycles. The van der Waals surface area contributed by atoms with Crippen LogP contribution in [0.15, 0.2) is 67.3 Å². The normalized spacial score (nSPS) is 11.3. The fourth-order valence-electron chi connectivity index (χ4n) is 3.56. The average molecular weight is 366 g/mol. The summed E-state index contributed by atoms with van der Waals surface area (Å²) >= 11 is 0. The van der Waals surface area contributed by atoms with Crippen molar-refractivity contribution in [3.05, 3.63) is 78.5 Å². The smallest absolute Gasteiger partial charge is 0.165 e. The number of fused-ring (bicyclic) bond motifs is 2. The lowest BCUT2D eigenvalue weighted by molar-refractivity contribution is 0.793. The molecule has 2 N–H and O–H groups in total. The van der Waals surface area contributed by atoms with Crippen LogP contribution in [0.1, 0.15) is 11.3 Å². The van der Waals surface area contributed by atoms with Gasteiger partial charge in [0.1, 0.15) is 11.8 Å². The SMILES string of the molecule is Cc1ccccc1-c1cc2ccccc2nc1Cn1cnc2c(N)ncnc21. The number of imidazole rings is 1. The molecule has 28 heavy (non-hydrogen) atoms. The topological polar surface area (TPSA) is 82.5 Å². The first kappa shape index (κ1) is 16.4. The number of para-hydroxylation sites is 1. The van der Waals surface area contributed by atoms with Gasteiger partial charge in [-0.2, -0.15) is 0 Å². The third-order valence-electron chi connectivity index (χ3n) is 4.99. The van der Waals surface area contributed by atoms with Crippen molar-refractivity contribution in [2.75, 3.05) is 5.73 Å². The highest BCUT2D eigenvalue weighted by atomic mass is 15.1. The van der Waals surface area contributed by atoms with Crippen LogP contribution in [-0.2, 0) is 6.54 Å². The average Bonchev–Trinajstić information content (AvgIpc) is 3.12. The van der Waals surface area contributed by atoms with Gasteiger partial charge in [0.25, 0.3) is 0 Å². The molecule has 0 atom stereocenters. The van der Waals surface area contributed by atoms with Crippen molar-refractivity contribution in [1.29, 1.82) is 0 Å². The van der Waals surface area contributed by atoms with Crippen LogP contribution in [0.4, 0.5) is 5.82 Å². The summed E-state index contributed by atoms with van der Waals surface area (Å²) < 4.78 is 1.96. The molecule has 136 valence electrons. The molecule has 0 amide bonds. The van der Waals surface area contributed by atoms with Gasteiger partial charge in [-0.3, -0.25) is 4.98 Å². The Morgan fingerprint density at radius 1 is 0.929 bits per heavy atom. The van der Waals surface area contributed by atoms with Crippen LogP contribution >= 0.6 is 0 Å². The number of aryl methyl sites for hydroxylation is 1. The van der Waals surface area contributed by atoms with Gasteiger partial charge in [0, 0.05) is 10.9 Å². The monoisotopic (exact) mass is 366 g/mol. The lowest BCUT2D eigenvalue weighted by Crippen LogP contribution is -2.05. The number of aromatic nitrogens is 5. The molecule has 0 aliphatic heterocycles. The zero-order chi connectivity index (χ0) is 19.1. The Hall–Kier alpha value is -3.80. The summed E-state index contributed by atoms with van der Waals surface area (Å²) in [5.41, 5.74) is 12.7. The number of benzene rings is 2. The van der Waals surface area contributed by atoms with Gasteiger partial charge in [0.2, 0.25) is 0 Å². The van der Waals surface area contributed by atoms with E-state index in [1.54, 1.807) is 6.33 Å². The van der Waals surface area contributed by atoms with E-state index in [9.17, 15) is 0 Å². The van der Waals surface area contributed by atoms with Gasteiger partial charge in [-0.15, -0.1) is 0 Å². The third-order valence-corrected chi connectivity index (χ3v) is 4.99. The zero-order valence-electron chi connectivity index (χ0n) is 15.4. The summed E-state index contributed by atoms with van der Waals surface area (Å²) in [6.07, 6.45) is 3.21. The first-order valence-corrected chi connectivity index (χ1v) is 9.06. The minimum Gasteiger partial charge on any atom is -0.382 e. The summed E-state index contributed by atoms with van der Waals surface area (Å²) in [7, 11) is 0. The van der Waals surface area contributed by atoms with Crippen LogP contribution in [0.5, 0.6) is 0 Å². The van der Waals surface area contributed by atoms with Crippen molar-refractivity contribution < 1.29 is 0 Å². The van der Waals surface area contributed by atoms with Crippen LogP contribution in [0.2, 0.25) is 0 Å². The second-order valence-corrected chi connectivity index (χ2v) is 6.79. The Morgan fingerprint density at radius 2 is 1.75 bits per heavy atom. The van der Waals surface area contributed by atoms with E-state index in [0.717, 1.165) is 22.2 Å². The number of nitrogens with zero attached hydrogens (tertiary/aromatic N) is 5. The third kappa shape index (κ3) is 2.66. The van der Waals surface area contributed by atoms with Crippen molar-refractivity contribution in [3.8, 4) is 11.1 Å². The first-order valence-electron chi connectivity index (χ1n) is 9.06. The van der Waals surface area contributed by atoms with Crippen LogP contribution in [0, 0.1) is 6.92 Å². The van der Waals surface area contributed by atoms with Gasteiger partial charge in [0.15, 0.2) is 11.5 Å². The predicted molar refractivity (Wildman–Crippen MR) is 111 cm³/mol. The number of anilines is 1. The lowest BCUT2D eigenvalue weighted by Gasteiger charge is -2.14. The molecule has 0 aliphatic carbocycles. The molecule has 0 saturated carbocycles. The summed E-state index contributed by atoms with van der Waals surface area (Å²) in [5.74, 6) is 0.384. The molecule has 0 bridgehead atoms. The first-order chi connectivity index (χ1) is 13.7. The molecule has 5 rings (SSSR count). The molecule has 2 aromatic carbocycles. The Labute approximate surface area is 161 Å². The van der Waals surface area contributed by atoms with E-state index < -0.39 is 0 Å². The molecule has 6 nitrogen and oxygen atoms in total. The number of rotatable bonds is 3. The van der Waals surface area contributed by atoms with Gasteiger partial charge >= 0.3 is 0 Å². The van der Waals surface area contributed by atoms with Crippen LogP contribution in [-0.4, -0.2) is 24.5 Å². The molecule has 3 aromatic heterocycles. The molecule has 0 radical (unpaired) electrons. The van der Waals surface area contributed by atoms with Gasteiger partial charge in [0.05, 0.1) is 24.1 Å². The number of hydrogen-bond acceptors (Lipinski definition) is 5. The van der Waals surface area contributed by atoms with Gasteiger partial charge in [-0.25, -0.2) is 15.0 Å². The largest absolute Gasteiger partial charge is 0.382 e. The Balaban J connectivity index is 1.72. The minimum atomic E-state index is 0.384. The van der Waals surface area contributed by atoms with E-state index in [0.29, 0.717) is 23.5 Å². The second kappa shape index (κ2) is 6.42. The van der Waals surface area contributed by atoms with Gasteiger partial charge in [-0.05, 0) is 30.2 Å². The van der Waals surface area contributed by atoms with Crippen LogP contribution < -0.4 is 5.73 Å². The molecule has 0 aliphatic rings. The van der Waals surface area contributed by atoms with Crippen molar-refractivity contribution >= 4 is 27.9 Å². The summed E-state index contributed by atoms with van der Waals surface area (Å²) in [5, 5.41) is 1.12. The van der Waals surface area contributed by atoms with E-state index in [-0.39, 0.29) is 0 Å². The Bertz CT molecular complexity index is 1320. The molecule has 0 fully saturated rings. The molecule has 6 heteroatoms. The number of nitrogens with two attached hydrogens (primary N) is 1. The zero-order valence-corrected chi connectivity index (χ0v) is 15.4. The van der Waals surface area contributed by atoms with E-state index in [1.807, 2.05) is 22.8 Å². The van der Waals surface area contributed by atoms with Crippen molar-refractivity contribution in [2.24, 2.45) is 0 Å². The minimum absolute atomic E-state index is 0.384. The number of hydrogen-bond donors (Lipinski definition) is 1. The van der Waals surface area contributed by atoms with Gasteiger partial charge in [-0.1, -0.05) is 42.5 Å². The lowest BCUT2D eigenvalue weighted by atomic mass is 9.97. The molecule has 5 aromatic rings. The Kier molecular flexibility index (Phi) is 3.76. The van der Waals surface area contributed by atoms with Crippen molar-refractivity contribution in [1.82, 2.24) is 24.5 Å². The quantitative estimate of drug-likeness (QED) is 0.522. The van der Waals surface area contributed by atoms with E-state index >= 15 is 0 Å². The van der Waals surface area contributed by atoms with E-state index in [1.165, 1.54) is 17.5 Å². The summed E-state index contributed by atoms with van der Waals surface area (Å²) in [6.45, 7) is 2.66. The van der Waals surface area contributed by atoms with Gasteiger partial charge < -0.3 is 10.3 Å². The highest BCUT2D eigenvalue weighted by Crippen LogP contribution is 2.30. The van der Waals surface area contributed by atoms with E-state index in [4.69, 9.17) is 10.7 Å². The maximum Gasteiger partial charge on any atom is 0.165 e. The molecular weight excluding hydrogens is 348 g/mol. The fourth-order valence-corrected chi connectivity index (χ4v) is 3.56. The fraction of sp³-hybridized carbons (Fsp3) is 0.0909.